The first-order chi connectivity index (χ1) is 14.5. The number of benzene rings is 2. The number of halogens is 1. The predicted molar refractivity (Wildman–Crippen MR) is 112 cm³/mol. The van der Waals surface area contributed by atoms with Gasteiger partial charge >= 0.3 is 5.97 Å². The molecule has 30 heavy (non-hydrogen) atoms. The Kier molecular flexibility index (Phi) is 7.78. The summed E-state index contributed by atoms with van der Waals surface area (Å²) in [5, 5.41) is 2.67. The van der Waals surface area contributed by atoms with Gasteiger partial charge in [0.05, 0.1) is 25.3 Å². The molecule has 0 bridgehead atoms. The minimum atomic E-state index is -0.530. The number of anilines is 1. The van der Waals surface area contributed by atoms with Crippen molar-refractivity contribution in [1.29, 1.82) is 0 Å². The van der Waals surface area contributed by atoms with Gasteiger partial charge in [0.2, 0.25) is 0 Å². The van der Waals surface area contributed by atoms with E-state index in [1.165, 1.54) is 0 Å². The molecule has 0 saturated carbocycles. The molecule has 0 saturated heterocycles. The van der Waals surface area contributed by atoms with Crippen molar-refractivity contribution in [3.63, 3.8) is 0 Å². The Labute approximate surface area is 182 Å². The monoisotopic (exact) mass is 479 g/mol. The number of hydrogen-bond acceptors (Lipinski definition) is 7. The maximum Gasteiger partial charge on any atom is 0.309 e. The van der Waals surface area contributed by atoms with Crippen LogP contribution in [0.15, 0.2) is 40.9 Å². The maximum absolute atomic E-state index is 12.1. The molecule has 1 amide bonds. The summed E-state index contributed by atoms with van der Waals surface area (Å²) in [7, 11) is 0. The number of rotatable bonds is 9. The van der Waals surface area contributed by atoms with Gasteiger partial charge in [0.15, 0.2) is 18.1 Å². The van der Waals surface area contributed by atoms with E-state index in [4.69, 9.17) is 23.7 Å². The van der Waals surface area contributed by atoms with Gasteiger partial charge in [-0.05, 0) is 47.1 Å². The average molecular weight is 480 g/mol. The second-order valence-electron chi connectivity index (χ2n) is 6.19. The number of amides is 1. The normalized spacial score (nSPS) is 12.1. The summed E-state index contributed by atoms with van der Waals surface area (Å²) >= 11 is 3.37. The van der Waals surface area contributed by atoms with Crippen molar-refractivity contribution in [2.45, 2.75) is 13.3 Å². The molecule has 0 radical (unpaired) electrons. The summed E-state index contributed by atoms with van der Waals surface area (Å²) in [4.78, 5) is 23.9. The van der Waals surface area contributed by atoms with Crippen LogP contribution in [-0.2, 0) is 14.3 Å². The fraction of sp³-hybridized carbons (Fsp3) is 0.333. The molecule has 0 aliphatic carbocycles. The molecule has 9 heteroatoms. The molecule has 1 aliphatic rings. The average Bonchev–Trinajstić information content (AvgIpc) is 2.74. The summed E-state index contributed by atoms with van der Waals surface area (Å²) in [6, 6.07) is 10.5. The van der Waals surface area contributed by atoms with Crippen molar-refractivity contribution in [2.24, 2.45) is 0 Å². The molecule has 0 atom stereocenters. The van der Waals surface area contributed by atoms with Gasteiger partial charge in [-0.2, -0.15) is 0 Å². The summed E-state index contributed by atoms with van der Waals surface area (Å²) < 4.78 is 27.4. The van der Waals surface area contributed by atoms with Crippen molar-refractivity contribution in [3.05, 3.63) is 40.9 Å². The van der Waals surface area contributed by atoms with E-state index < -0.39 is 18.5 Å². The quantitative estimate of drug-likeness (QED) is 0.549. The number of esters is 1. The van der Waals surface area contributed by atoms with Crippen molar-refractivity contribution in [1.82, 2.24) is 0 Å². The van der Waals surface area contributed by atoms with Crippen LogP contribution in [0.5, 0.6) is 23.0 Å². The third-order valence-electron chi connectivity index (χ3n) is 3.98. The van der Waals surface area contributed by atoms with Gasteiger partial charge in [-0.15, -0.1) is 0 Å². The molecular formula is C21H22BrNO7. The summed E-state index contributed by atoms with van der Waals surface area (Å²) in [5.41, 5.74) is 0.499. The Balaban J connectivity index is 1.39. The van der Waals surface area contributed by atoms with Gasteiger partial charge in [-0.1, -0.05) is 0 Å². The number of carbonyl (C=O) groups is 2. The Morgan fingerprint density at radius 2 is 1.67 bits per heavy atom. The van der Waals surface area contributed by atoms with E-state index in [9.17, 15) is 9.59 Å². The van der Waals surface area contributed by atoms with Crippen LogP contribution in [0.2, 0.25) is 0 Å². The molecule has 8 nitrogen and oxygen atoms in total. The lowest BCUT2D eigenvalue weighted by Crippen LogP contribution is -2.22. The Morgan fingerprint density at radius 3 is 2.33 bits per heavy atom. The van der Waals surface area contributed by atoms with Gasteiger partial charge in [-0.3, -0.25) is 9.59 Å². The molecule has 0 unspecified atom stereocenters. The molecule has 1 N–H and O–H groups in total. The summed E-state index contributed by atoms with van der Waals surface area (Å²) in [6.07, 6.45) is 0.0220. The lowest BCUT2D eigenvalue weighted by atomic mass is 10.2. The second-order valence-corrected chi connectivity index (χ2v) is 7.04. The van der Waals surface area contributed by atoms with Crippen LogP contribution in [0, 0.1) is 0 Å². The fourth-order valence-corrected chi connectivity index (χ4v) is 3.04. The molecule has 3 rings (SSSR count). The predicted octanol–water partition coefficient (Wildman–Crippen LogP) is 3.57. The highest BCUT2D eigenvalue weighted by molar-refractivity contribution is 9.10. The molecule has 2 aromatic rings. The Bertz CT molecular complexity index is 886. The van der Waals surface area contributed by atoms with E-state index in [-0.39, 0.29) is 13.0 Å². The topological polar surface area (TPSA) is 92.3 Å². The van der Waals surface area contributed by atoms with Crippen LogP contribution < -0.4 is 24.3 Å². The third-order valence-corrected chi connectivity index (χ3v) is 4.64. The first-order valence-electron chi connectivity index (χ1n) is 9.45. The lowest BCUT2D eigenvalue weighted by Gasteiger charge is -2.20. The molecule has 0 spiro atoms. The van der Waals surface area contributed by atoms with Crippen LogP contribution in [-0.4, -0.2) is 44.9 Å². The highest BCUT2D eigenvalue weighted by Gasteiger charge is 2.17. The number of fused-ring (bicyclic) bond motifs is 1. The van der Waals surface area contributed by atoms with Gasteiger partial charge in [0.25, 0.3) is 5.91 Å². The zero-order valence-corrected chi connectivity index (χ0v) is 18.0. The van der Waals surface area contributed by atoms with Gasteiger partial charge in [0.1, 0.15) is 24.7 Å². The van der Waals surface area contributed by atoms with Crippen molar-refractivity contribution in [2.75, 3.05) is 38.4 Å². The van der Waals surface area contributed by atoms with Gasteiger partial charge in [0, 0.05) is 16.6 Å². The largest absolute Gasteiger partial charge is 0.494 e. The standard InChI is InChI=1S/C21H22BrNO7/c1-2-26-14-3-5-15(6-4-14)27-8-7-21(25)30-13-20(24)23-17-12-19-18(11-16(17)22)28-9-10-29-19/h3-6,11-12H,2,7-10,13H2,1H3,(H,23,24). The molecule has 1 heterocycles. The van der Waals surface area contributed by atoms with Gasteiger partial charge in [-0.25, -0.2) is 0 Å². The Hall–Kier alpha value is -2.94. The SMILES string of the molecule is CCOc1ccc(OCCC(=O)OCC(=O)Nc2cc3c(cc2Br)OCCO3)cc1. The number of hydrogen-bond donors (Lipinski definition) is 1. The highest BCUT2D eigenvalue weighted by atomic mass is 79.9. The van der Waals surface area contributed by atoms with Crippen LogP contribution in [0.25, 0.3) is 0 Å². The molecule has 0 fully saturated rings. The number of carbonyl (C=O) groups excluding carboxylic acids is 2. The number of ether oxygens (including phenoxy) is 5. The first kappa shape index (κ1) is 21.8. The minimum absolute atomic E-state index is 0.0220. The van der Waals surface area contributed by atoms with Crippen molar-refractivity contribution in [3.8, 4) is 23.0 Å². The molecule has 1 aliphatic heterocycles. The van der Waals surface area contributed by atoms with E-state index in [0.717, 1.165) is 5.75 Å². The molecule has 0 aromatic heterocycles. The second kappa shape index (κ2) is 10.7. The van der Waals surface area contributed by atoms with E-state index in [1.807, 2.05) is 6.92 Å². The van der Waals surface area contributed by atoms with Gasteiger partial charge < -0.3 is 29.0 Å². The van der Waals surface area contributed by atoms with E-state index in [0.29, 0.717) is 47.2 Å². The number of nitrogens with one attached hydrogen (secondary N) is 1. The Morgan fingerprint density at radius 1 is 1.03 bits per heavy atom. The fourth-order valence-electron chi connectivity index (χ4n) is 2.62. The first-order valence-corrected chi connectivity index (χ1v) is 10.2. The third kappa shape index (κ3) is 6.28. The van der Waals surface area contributed by atoms with Crippen LogP contribution in [0.4, 0.5) is 5.69 Å². The van der Waals surface area contributed by atoms with Crippen LogP contribution >= 0.6 is 15.9 Å². The minimum Gasteiger partial charge on any atom is -0.494 e. The summed E-state index contributed by atoms with van der Waals surface area (Å²) in [5.74, 6) is 1.52. The van der Waals surface area contributed by atoms with E-state index in [2.05, 4.69) is 21.2 Å². The zero-order valence-electron chi connectivity index (χ0n) is 16.4. The highest BCUT2D eigenvalue weighted by Crippen LogP contribution is 2.38. The summed E-state index contributed by atoms with van der Waals surface area (Å²) in [6.45, 7) is 3.16. The molecular weight excluding hydrogens is 458 g/mol. The van der Waals surface area contributed by atoms with Crippen LogP contribution in [0.1, 0.15) is 13.3 Å². The molecule has 2 aromatic carbocycles. The van der Waals surface area contributed by atoms with Crippen LogP contribution in [0.3, 0.4) is 0 Å². The smallest absolute Gasteiger partial charge is 0.309 e. The van der Waals surface area contributed by atoms with E-state index >= 15 is 0 Å². The van der Waals surface area contributed by atoms with E-state index in [1.54, 1.807) is 36.4 Å². The lowest BCUT2D eigenvalue weighted by molar-refractivity contribution is -0.147. The molecule has 160 valence electrons. The van der Waals surface area contributed by atoms with Crippen molar-refractivity contribution < 1.29 is 33.3 Å². The zero-order chi connectivity index (χ0) is 21.3. The maximum atomic E-state index is 12.1. The van der Waals surface area contributed by atoms with Crippen molar-refractivity contribution >= 4 is 33.5 Å².